The lowest BCUT2D eigenvalue weighted by atomic mass is 9.93. The summed E-state index contributed by atoms with van der Waals surface area (Å²) in [5.41, 5.74) is 8.57. The van der Waals surface area contributed by atoms with Crippen LogP contribution in [0.4, 0.5) is 0 Å². The number of aryl methyl sites for hydroxylation is 1. The van der Waals surface area contributed by atoms with E-state index in [1.807, 2.05) is 16.7 Å². The van der Waals surface area contributed by atoms with Crippen molar-refractivity contribution in [3.8, 4) is 16.2 Å². The maximum Gasteiger partial charge on any atom is 0.343 e. The van der Waals surface area contributed by atoms with Crippen LogP contribution in [0, 0.1) is 0 Å². The molecule has 2 heterocycles. The van der Waals surface area contributed by atoms with Gasteiger partial charge in [0.15, 0.2) is 5.75 Å². The molecule has 1 atom stereocenters. The van der Waals surface area contributed by atoms with Crippen LogP contribution in [0.15, 0.2) is 29.2 Å². The number of nitrogens with one attached hydrogen (secondary N) is 1. The summed E-state index contributed by atoms with van der Waals surface area (Å²) in [4.78, 5) is 28.3. The van der Waals surface area contributed by atoms with E-state index < -0.39 is 5.97 Å². The second-order valence-electron chi connectivity index (χ2n) is 8.95. The van der Waals surface area contributed by atoms with Crippen molar-refractivity contribution in [2.75, 3.05) is 26.8 Å². The van der Waals surface area contributed by atoms with E-state index >= 15 is 0 Å². The molecular formula is C26H31N3O4S. The first-order valence-electron chi connectivity index (χ1n) is 12.1. The number of esters is 1. The Hall–Kier alpha value is -2.68. The predicted molar refractivity (Wildman–Crippen MR) is 135 cm³/mol. The lowest BCUT2D eigenvalue weighted by molar-refractivity contribution is 0.0524. The van der Waals surface area contributed by atoms with E-state index in [0.29, 0.717) is 23.7 Å². The van der Waals surface area contributed by atoms with Gasteiger partial charge in [-0.2, -0.15) is 0 Å². The Balaban J connectivity index is 1.66. The fourth-order valence-electron chi connectivity index (χ4n) is 4.97. The fourth-order valence-corrected chi connectivity index (χ4v) is 6.26. The monoisotopic (exact) mass is 481 g/mol. The summed E-state index contributed by atoms with van der Waals surface area (Å²) in [6.45, 7) is 3.38. The Morgan fingerprint density at radius 3 is 2.82 bits per heavy atom. The molecule has 0 bridgehead atoms. The van der Waals surface area contributed by atoms with E-state index in [-0.39, 0.29) is 23.6 Å². The topological polar surface area (TPSA) is 95.6 Å². The SMILES string of the molecule is CCOC(=O)c1cn(C2CC2)c2c(OC)c(-c3cc4c(s3)CCCC4NCCN)ccc2c1=O. The molecule has 1 unspecified atom stereocenters. The smallest absolute Gasteiger partial charge is 0.343 e. The average Bonchev–Trinajstić information content (AvgIpc) is 3.59. The lowest BCUT2D eigenvalue weighted by Crippen LogP contribution is -2.29. The van der Waals surface area contributed by atoms with E-state index in [9.17, 15) is 9.59 Å². The zero-order valence-corrected chi connectivity index (χ0v) is 20.5. The van der Waals surface area contributed by atoms with E-state index in [2.05, 4.69) is 11.4 Å². The Labute approximate surface area is 202 Å². The molecule has 5 rings (SSSR count). The maximum atomic E-state index is 13.3. The van der Waals surface area contributed by atoms with Gasteiger partial charge in [0.2, 0.25) is 5.43 Å². The summed E-state index contributed by atoms with van der Waals surface area (Å²) >= 11 is 1.80. The number of methoxy groups -OCH3 is 1. The average molecular weight is 482 g/mol. The van der Waals surface area contributed by atoms with Gasteiger partial charge in [0.25, 0.3) is 0 Å². The van der Waals surface area contributed by atoms with Gasteiger partial charge in [-0.25, -0.2) is 4.79 Å². The summed E-state index contributed by atoms with van der Waals surface area (Å²) in [7, 11) is 1.65. The number of hydrogen-bond donors (Lipinski definition) is 2. The highest BCUT2D eigenvalue weighted by Crippen LogP contribution is 2.46. The van der Waals surface area contributed by atoms with Gasteiger partial charge in [0.1, 0.15) is 5.56 Å². The van der Waals surface area contributed by atoms with Crippen molar-refractivity contribution in [1.82, 2.24) is 9.88 Å². The Bertz CT molecular complexity index is 1290. The van der Waals surface area contributed by atoms with Crippen molar-refractivity contribution in [3.63, 3.8) is 0 Å². The molecule has 8 heteroatoms. The Morgan fingerprint density at radius 2 is 2.12 bits per heavy atom. The molecule has 180 valence electrons. The van der Waals surface area contributed by atoms with E-state index in [0.717, 1.165) is 54.6 Å². The van der Waals surface area contributed by atoms with Gasteiger partial charge in [0, 0.05) is 46.7 Å². The van der Waals surface area contributed by atoms with Gasteiger partial charge in [-0.1, -0.05) is 0 Å². The number of nitrogens with two attached hydrogens (primary N) is 1. The predicted octanol–water partition coefficient (Wildman–Crippen LogP) is 4.18. The Morgan fingerprint density at radius 1 is 1.29 bits per heavy atom. The highest BCUT2D eigenvalue weighted by molar-refractivity contribution is 7.15. The Kier molecular flexibility index (Phi) is 6.46. The molecule has 1 fully saturated rings. The van der Waals surface area contributed by atoms with Crippen molar-refractivity contribution in [2.24, 2.45) is 5.73 Å². The number of nitrogens with zero attached hydrogens (tertiary/aromatic N) is 1. The van der Waals surface area contributed by atoms with Gasteiger partial charge >= 0.3 is 5.97 Å². The normalized spacial score (nSPS) is 17.6. The molecule has 2 aromatic heterocycles. The number of carbonyl (C=O) groups excluding carboxylic acids is 1. The van der Waals surface area contributed by atoms with Crippen LogP contribution in [0.5, 0.6) is 5.75 Å². The standard InChI is InChI=1S/C26H31N3O4S/c1-3-33-26(31)19-14-29(15-7-8-15)23-17(24(19)30)10-9-16(25(23)32-2)22-13-18-20(28-12-11-27)5-4-6-21(18)34-22/h9-10,13-15,20,28H,3-8,11-12,27H2,1-2H3. The summed E-state index contributed by atoms with van der Waals surface area (Å²) in [6.07, 6.45) is 7.02. The highest BCUT2D eigenvalue weighted by atomic mass is 32.1. The third-order valence-corrected chi connectivity index (χ3v) is 7.95. The molecular weight excluding hydrogens is 450 g/mol. The molecule has 1 saturated carbocycles. The summed E-state index contributed by atoms with van der Waals surface area (Å²) in [5.74, 6) is 0.107. The van der Waals surface area contributed by atoms with Crippen LogP contribution >= 0.6 is 11.3 Å². The minimum Gasteiger partial charge on any atom is -0.494 e. The van der Waals surface area contributed by atoms with Crippen LogP contribution in [0.25, 0.3) is 21.3 Å². The third kappa shape index (κ3) is 4.04. The van der Waals surface area contributed by atoms with Crippen LogP contribution in [0.2, 0.25) is 0 Å². The number of ether oxygens (including phenoxy) is 2. The molecule has 0 aliphatic heterocycles. The zero-order chi connectivity index (χ0) is 23.8. The quantitative estimate of drug-likeness (QED) is 0.469. The van der Waals surface area contributed by atoms with Crippen molar-refractivity contribution in [1.29, 1.82) is 0 Å². The third-order valence-electron chi connectivity index (χ3n) is 6.70. The van der Waals surface area contributed by atoms with Gasteiger partial charge in [-0.3, -0.25) is 4.79 Å². The van der Waals surface area contributed by atoms with Crippen molar-refractivity contribution < 1.29 is 14.3 Å². The van der Waals surface area contributed by atoms with E-state index in [1.165, 1.54) is 10.4 Å². The number of carbonyl (C=O) groups is 1. The molecule has 0 radical (unpaired) electrons. The molecule has 3 aromatic rings. The number of fused-ring (bicyclic) bond motifs is 2. The van der Waals surface area contributed by atoms with Gasteiger partial charge in [0.05, 0.1) is 24.6 Å². The molecule has 1 aromatic carbocycles. The molecule has 34 heavy (non-hydrogen) atoms. The first kappa shape index (κ1) is 23.1. The van der Waals surface area contributed by atoms with Crippen molar-refractivity contribution in [3.05, 3.63) is 50.6 Å². The minimum absolute atomic E-state index is 0.0801. The second-order valence-corrected chi connectivity index (χ2v) is 10.1. The highest BCUT2D eigenvalue weighted by Gasteiger charge is 2.30. The number of rotatable bonds is 8. The number of thiophene rings is 1. The summed E-state index contributed by atoms with van der Waals surface area (Å²) in [6, 6.07) is 6.63. The lowest BCUT2D eigenvalue weighted by Gasteiger charge is -2.23. The van der Waals surface area contributed by atoms with Gasteiger partial charge in [-0.05, 0) is 62.8 Å². The largest absolute Gasteiger partial charge is 0.494 e. The molecule has 2 aliphatic rings. The maximum absolute atomic E-state index is 13.3. The van der Waals surface area contributed by atoms with Gasteiger partial charge in [-0.15, -0.1) is 11.3 Å². The first-order valence-corrected chi connectivity index (χ1v) is 12.9. The van der Waals surface area contributed by atoms with Crippen LogP contribution in [0.3, 0.4) is 0 Å². The molecule has 2 aliphatic carbocycles. The van der Waals surface area contributed by atoms with E-state index in [1.54, 1.807) is 31.6 Å². The molecule has 0 spiro atoms. The zero-order valence-electron chi connectivity index (χ0n) is 19.7. The summed E-state index contributed by atoms with van der Waals surface area (Å²) < 4.78 is 13.2. The van der Waals surface area contributed by atoms with Crippen molar-refractivity contribution >= 4 is 28.2 Å². The first-order chi connectivity index (χ1) is 16.6. The number of benzene rings is 1. The van der Waals surface area contributed by atoms with E-state index in [4.69, 9.17) is 15.2 Å². The molecule has 0 amide bonds. The minimum atomic E-state index is -0.575. The van der Waals surface area contributed by atoms with Crippen LogP contribution in [-0.2, 0) is 11.2 Å². The summed E-state index contributed by atoms with van der Waals surface area (Å²) in [5, 5.41) is 4.07. The second kappa shape index (κ2) is 9.52. The number of aromatic nitrogens is 1. The van der Waals surface area contributed by atoms with Crippen molar-refractivity contribution in [2.45, 2.75) is 51.1 Å². The molecule has 7 nitrogen and oxygen atoms in total. The van der Waals surface area contributed by atoms with Crippen LogP contribution in [-0.4, -0.2) is 37.3 Å². The fraction of sp³-hybridized carbons (Fsp3) is 0.462. The van der Waals surface area contributed by atoms with Crippen LogP contribution in [0.1, 0.15) is 65.5 Å². The number of pyridine rings is 1. The molecule has 3 N–H and O–H groups in total. The van der Waals surface area contributed by atoms with Crippen LogP contribution < -0.4 is 21.2 Å². The van der Waals surface area contributed by atoms with Gasteiger partial charge < -0.3 is 25.1 Å². The number of hydrogen-bond acceptors (Lipinski definition) is 7. The molecule has 0 saturated heterocycles.